The fourth-order valence-corrected chi connectivity index (χ4v) is 1.88. The Bertz CT molecular complexity index is 294. The van der Waals surface area contributed by atoms with Crippen LogP contribution in [0.4, 0.5) is 0 Å². The van der Waals surface area contributed by atoms with Crippen molar-refractivity contribution in [2.75, 3.05) is 6.61 Å². The highest BCUT2D eigenvalue weighted by Gasteiger charge is 2.12. The minimum Gasteiger partial charge on any atom is -0.388 e. The molecule has 0 aromatic carbocycles. The Morgan fingerprint density at radius 3 is 2.73 bits per heavy atom. The third-order valence-corrected chi connectivity index (χ3v) is 3.79. The van der Waals surface area contributed by atoms with Crippen molar-refractivity contribution in [2.24, 2.45) is 0 Å². The lowest BCUT2D eigenvalue weighted by Gasteiger charge is -2.14. The molecule has 1 aromatic rings. The Morgan fingerprint density at radius 2 is 2.20 bits per heavy atom. The standard InChI is InChI=1S/C10H20N2O2Si/c1-15(2,3)5-4-14-8-9-6-11-10(7-13)12-9/h6,13H,4-5,7-8H2,1-3H3,(H,11,12). The molecule has 0 aliphatic heterocycles. The molecule has 0 spiro atoms. The van der Waals surface area contributed by atoms with Crippen molar-refractivity contribution in [3.05, 3.63) is 17.7 Å². The topological polar surface area (TPSA) is 58.1 Å². The summed E-state index contributed by atoms with van der Waals surface area (Å²) in [5.74, 6) is 0.596. The number of hydrogen-bond acceptors (Lipinski definition) is 3. The van der Waals surface area contributed by atoms with Crippen LogP contribution in [0.1, 0.15) is 11.5 Å². The van der Waals surface area contributed by atoms with Gasteiger partial charge in [0.05, 0.1) is 18.5 Å². The molecule has 1 heterocycles. The molecule has 0 aliphatic carbocycles. The molecule has 0 fully saturated rings. The molecule has 1 rings (SSSR count). The fraction of sp³-hybridized carbons (Fsp3) is 0.700. The molecule has 0 saturated heterocycles. The lowest BCUT2D eigenvalue weighted by Crippen LogP contribution is -2.21. The molecule has 0 atom stereocenters. The number of imidazole rings is 1. The number of hydrogen-bond donors (Lipinski definition) is 2. The van der Waals surface area contributed by atoms with Gasteiger partial charge in [-0.15, -0.1) is 0 Å². The maximum absolute atomic E-state index is 8.80. The third-order valence-electron chi connectivity index (χ3n) is 2.08. The van der Waals surface area contributed by atoms with E-state index in [2.05, 4.69) is 29.6 Å². The van der Waals surface area contributed by atoms with Gasteiger partial charge in [0.25, 0.3) is 0 Å². The highest BCUT2D eigenvalue weighted by molar-refractivity contribution is 6.76. The normalized spacial score (nSPS) is 12.0. The lowest BCUT2D eigenvalue weighted by molar-refractivity contribution is 0.130. The van der Waals surface area contributed by atoms with Crippen LogP contribution in [0.3, 0.4) is 0 Å². The maximum atomic E-state index is 8.80. The number of H-pyrrole nitrogens is 1. The van der Waals surface area contributed by atoms with Gasteiger partial charge < -0.3 is 14.8 Å². The summed E-state index contributed by atoms with van der Waals surface area (Å²) >= 11 is 0. The van der Waals surface area contributed by atoms with E-state index in [1.807, 2.05) is 0 Å². The molecule has 2 N–H and O–H groups in total. The van der Waals surface area contributed by atoms with Gasteiger partial charge in [0.1, 0.15) is 12.4 Å². The van der Waals surface area contributed by atoms with E-state index in [4.69, 9.17) is 9.84 Å². The molecule has 0 bridgehead atoms. The van der Waals surface area contributed by atoms with Gasteiger partial charge in [-0.25, -0.2) is 4.98 Å². The molecule has 86 valence electrons. The molecular formula is C10H20N2O2Si. The second kappa shape index (κ2) is 5.44. The Kier molecular flexibility index (Phi) is 4.50. The van der Waals surface area contributed by atoms with E-state index in [9.17, 15) is 0 Å². The summed E-state index contributed by atoms with van der Waals surface area (Å²) in [5, 5.41) is 8.80. The number of aliphatic hydroxyl groups is 1. The van der Waals surface area contributed by atoms with Crippen molar-refractivity contribution >= 4 is 8.07 Å². The first-order chi connectivity index (χ1) is 7.01. The first-order valence-electron chi connectivity index (χ1n) is 5.22. The largest absolute Gasteiger partial charge is 0.388 e. The molecule has 0 radical (unpaired) electrons. The zero-order valence-corrected chi connectivity index (χ0v) is 10.7. The molecule has 0 amide bonds. The summed E-state index contributed by atoms with van der Waals surface area (Å²) in [6.07, 6.45) is 1.71. The minimum absolute atomic E-state index is 0.0467. The smallest absolute Gasteiger partial charge is 0.132 e. The van der Waals surface area contributed by atoms with E-state index in [0.29, 0.717) is 12.4 Å². The van der Waals surface area contributed by atoms with Crippen molar-refractivity contribution in [3.8, 4) is 0 Å². The average Bonchev–Trinajstić information content (AvgIpc) is 2.59. The van der Waals surface area contributed by atoms with E-state index in [1.54, 1.807) is 6.20 Å². The van der Waals surface area contributed by atoms with Gasteiger partial charge in [0.15, 0.2) is 0 Å². The molecule has 1 aromatic heterocycles. The summed E-state index contributed by atoms with van der Waals surface area (Å²) in [6, 6.07) is 1.17. The SMILES string of the molecule is C[Si](C)(C)CCOCc1cnc(CO)[nH]1. The van der Waals surface area contributed by atoms with Crippen LogP contribution in [0.15, 0.2) is 6.20 Å². The number of aromatic nitrogens is 2. The van der Waals surface area contributed by atoms with Gasteiger partial charge >= 0.3 is 0 Å². The van der Waals surface area contributed by atoms with Gasteiger partial charge in [-0.3, -0.25) is 0 Å². The van der Waals surface area contributed by atoms with Gasteiger partial charge in [-0.1, -0.05) is 19.6 Å². The Hall–Kier alpha value is -0.653. The average molecular weight is 228 g/mol. The van der Waals surface area contributed by atoms with E-state index in [1.165, 1.54) is 6.04 Å². The molecule has 4 nitrogen and oxygen atoms in total. The van der Waals surface area contributed by atoms with Gasteiger partial charge in [-0.05, 0) is 6.04 Å². The van der Waals surface area contributed by atoms with Gasteiger partial charge in [0.2, 0.25) is 0 Å². The maximum Gasteiger partial charge on any atom is 0.132 e. The number of nitrogens with one attached hydrogen (secondary N) is 1. The van der Waals surface area contributed by atoms with Crippen LogP contribution in [0.5, 0.6) is 0 Å². The molecule has 5 heteroatoms. The Labute approximate surface area is 91.7 Å². The summed E-state index contributed by atoms with van der Waals surface area (Å²) in [5.41, 5.74) is 0.926. The first kappa shape index (κ1) is 12.4. The quantitative estimate of drug-likeness (QED) is 0.576. The summed E-state index contributed by atoms with van der Waals surface area (Å²) < 4.78 is 5.54. The van der Waals surface area contributed by atoms with Gasteiger partial charge in [-0.2, -0.15) is 0 Å². The number of ether oxygens (including phenoxy) is 1. The molecule has 0 unspecified atom stereocenters. The second-order valence-electron chi connectivity index (χ2n) is 4.88. The lowest BCUT2D eigenvalue weighted by atomic mass is 10.5. The third kappa shape index (κ3) is 5.11. The Balaban J connectivity index is 2.20. The van der Waals surface area contributed by atoms with Crippen LogP contribution in [0.2, 0.25) is 25.7 Å². The van der Waals surface area contributed by atoms with Crippen LogP contribution in [0.25, 0.3) is 0 Å². The number of aromatic amines is 1. The number of rotatable bonds is 6. The van der Waals surface area contributed by atoms with Crippen molar-refractivity contribution in [1.82, 2.24) is 9.97 Å². The second-order valence-corrected chi connectivity index (χ2v) is 10.5. The zero-order valence-electron chi connectivity index (χ0n) is 9.71. The number of aliphatic hydroxyl groups excluding tert-OH is 1. The van der Waals surface area contributed by atoms with E-state index in [-0.39, 0.29) is 6.61 Å². The van der Waals surface area contributed by atoms with Crippen LogP contribution in [0, 0.1) is 0 Å². The van der Waals surface area contributed by atoms with E-state index < -0.39 is 8.07 Å². The monoisotopic (exact) mass is 228 g/mol. The Morgan fingerprint density at radius 1 is 1.47 bits per heavy atom. The van der Waals surface area contributed by atoms with Crippen molar-refractivity contribution in [2.45, 2.75) is 38.9 Å². The van der Waals surface area contributed by atoms with Crippen LogP contribution < -0.4 is 0 Å². The molecule has 0 saturated carbocycles. The zero-order chi connectivity index (χ0) is 11.3. The summed E-state index contributed by atoms with van der Waals surface area (Å²) in [4.78, 5) is 6.97. The molecular weight excluding hydrogens is 208 g/mol. The first-order valence-corrected chi connectivity index (χ1v) is 8.93. The van der Waals surface area contributed by atoms with Crippen LogP contribution in [-0.4, -0.2) is 29.8 Å². The predicted molar refractivity (Wildman–Crippen MR) is 62.3 cm³/mol. The van der Waals surface area contributed by atoms with Gasteiger partial charge in [0, 0.05) is 14.7 Å². The van der Waals surface area contributed by atoms with Crippen LogP contribution in [-0.2, 0) is 18.0 Å². The minimum atomic E-state index is -0.988. The number of nitrogens with zero attached hydrogens (tertiary/aromatic N) is 1. The molecule has 0 aliphatic rings. The van der Waals surface area contributed by atoms with Crippen molar-refractivity contribution in [1.29, 1.82) is 0 Å². The summed E-state index contributed by atoms with van der Waals surface area (Å²) in [6.45, 7) is 8.30. The highest BCUT2D eigenvalue weighted by Crippen LogP contribution is 2.08. The van der Waals surface area contributed by atoms with Crippen LogP contribution >= 0.6 is 0 Å². The predicted octanol–water partition coefficient (Wildman–Crippen LogP) is 1.76. The highest BCUT2D eigenvalue weighted by atomic mass is 28.3. The van der Waals surface area contributed by atoms with E-state index >= 15 is 0 Å². The van der Waals surface area contributed by atoms with Crippen molar-refractivity contribution in [3.63, 3.8) is 0 Å². The fourth-order valence-electron chi connectivity index (χ4n) is 1.12. The van der Waals surface area contributed by atoms with E-state index in [0.717, 1.165) is 12.3 Å². The molecule has 15 heavy (non-hydrogen) atoms. The summed E-state index contributed by atoms with van der Waals surface area (Å²) in [7, 11) is -0.988. The van der Waals surface area contributed by atoms with Crippen molar-refractivity contribution < 1.29 is 9.84 Å².